The van der Waals surface area contributed by atoms with Crippen molar-refractivity contribution in [2.24, 2.45) is 5.92 Å². The largest absolute Gasteiger partial charge is 0.462 e. The molecule has 0 aliphatic rings. The van der Waals surface area contributed by atoms with E-state index in [1.54, 1.807) is 20.8 Å². The number of thiophene rings is 1. The van der Waals surface area contributed by atoms with E-state index in [1.807, 2.05) is 0 Å². The fourth-order valence-corrected chi connectivity index (χ4v) is 4.35. The summed E-state index contributed by atoms with van der Waals surface area (Å²) in [7, 11) is 0. The number of unbranched alkanes of at least 4 members (excludes halogenated alkanes) is 2. The van der Waals surface area contributed by atoms with E-state index in [0.29, 0.717) is 34.7 Å². The zero-order valence-corrected chi connectivity index (χ0v) is 21.2. The number of nitrogens with zero attached hydrogens (tertiary/aromatic N) is 1. The second-order valence-corrected chi connectivity index (χ2v) is 8.82. The first-order valence-electron chi connectivity index (χ1n) is 11.3. The number of imide groups is 1. The van der Waals surface area contributed by atoms with E-state index in [2.05, 4.69) is 18.5 Å². The van der Waals surface area contributed by atoms with Gasteiger partial charge in [0.15, 0.2) is 5.78 Å². The Morgan fingerprint density at radius 3 is 2.38 bits per heavy atom. The summed E-state index contributed by atoms with van der Waals surface area (Å²) in [6, 6.07) is 0. The summed E-state index contributed by atoms with van der Waals surface area (Å²) in [6.07, 6.45) is 4.91. The van der Waals surface area contributed by atoms with Crippen molar-refractivity contribution in [1.82, 2.24) is 4.90 Å². The van der Waals surface area contributed by atoms with Crippen molar-refractivity contribution in [2.45, 2.75) is 59.8 Å². The molecule has 1 aromatic heterocycles. The molecule has 0 saturated carbocycles. The van der Waals surface area contributed by atoms with Crippen LogP contribution in [0.4, 0.5) is 5.00 Å². The fourth-order valence-electron chi connectivity index (χ4n) is 3.25. The molecule has 3 amide bonds. The Labute approximate surface area is 205 Å². The Bertz CT molecular complexity index is 949. The quantitative estimate of drug-likeness (QED) is 0.175. The molecule has 9 heteroatoms. The Balaban J connectivity index is 2.70. The molecule has 1 N–H and O–H groups in total. The van der Waals surface area contributed by atoms with Gasteiger partial charge in [0, 0.05) is 19.4 Å². The van der Waals surface area contributed by atoms with Crippen molar-refractivity contribution in [3.8, 4) is 0 Å². The summed E-state index contributed by atoms with van der Waals surface area (Å²) >= 11 is 1.06. The molecule has 0 fully saturated rings. The van der Waals surface area contributed by atoms with Crippen LogP contribution in [0.1, 0.15) is 78.5 Å². The molecular weight excluding hydrogens is 456 g/mol. The topological polar surface area (TPSA) is 110 Å². The molecule has 0 radical (unpaired) electrons. The van der Waals surface area contributed by atoms with Gasteiger partial charge in [-0.05, 0) is 39.2 Å². The predicted octanol–water partition coefficient (Wildman–Crippen LogP) is 4.69. The molecule has 1 unspecified atom stereocenters. The number of hydrogen-bond donors (Lipinski definition) is 1. The number of carbonyl (C=O) groups is 5. The molecule has 186 valence electrons. The van der Waals surface area contributed by atoms with Crippen molar-refractivity contribution in [2.75, 3.05) is 18.5 Å². The number of amides is 3. The van der Waals surface area contributed by atoms with Crippen molar-refractivity contribution >= 4 is 45.8 Å². The Kier molecular flexibility index (Phi) is 12.1. The Hall–Kier alpha value is -3.07. The van der Waals surface area contributed by atoms with E-state index < -0.39 is 11.9 Å². The summed E-state index contributed by atoms with van der Waals surface area (Å²) in [5.41, 5.74) is 0.700. The van der Waals surface area contributed by atoms with E-state index in [9.17, 15) is 24.0 Å². The van der Waals surface area contributed by atoms with Gasteiger partial charge >= 0.3 is 5.97 Å². The molecule has 8 nitrogen and oxygen atoms in total. The number of hydrogen-bond acceptors (Lipinski definition) is 7. The maximum absolute atomic E-state index is 12.5. The lowest BCUT2D eigenvalue weighted by Crippen LogP contribution is -2.40. The molecule has 1 aromatic rings. The highest BCUT2D eigenvalue weighted by Gasteiger charge is 2.25. The molecule has 1 rings (SSSR count). The smallest absolute Gasteiger partial charge is 0.341 e. The zero-order valence-electron chi connectivity index (χ0n) is 20.4. The van der Waals surface area contributed by atoms with E-state index in [1.165, 1.54) is 24.0 Å². The molecular formula is C25H34N2O6S. The van der Waals surface area contributed by atoms with Crippen LogP contribution in [-0.2, 0) is 19.1 Å². The SMILES string of the molecule is C=CCC(=O)N(CCCCCC(=O)Nc1sc(C(C)=O)c(C)c1C(=O)OCC)C(=O)C(C)C=C. The third-order valence-corrected chi connectivity index (χ3v) is 6.42. The minimum absolute atomic E-state index is 0.0727. The second-order valence-electron chi connectivity index (χ2n) is 7.80. The van der Waals surface area contributed by atoms with E-state index in [4.69, 9.17) is 4.74 Å². The Morgan fingerprint density at radius 2 is 1.82 bits per heavy atom. The molecule has 34 heavy (non-hydrogen) atoms. The van der Waals surface area contributed by atoms with Gasteiger partial charge in [-0.2, -0.15) is 0 Å². The van der Waals surface area contributed by atoms with Gasteiger partial charge in [-0.3, -0.25) is 24.1 Å². The van der Waals surface area contributed by atoms with Crippen molar-refractivity contribution in [1.29, 1.82) is 0 Å². The van der Waals surface area contributed by atoms with E-state index in [-0.39, 0.29) is 55.1 Å². The standard InChI is InChI=1S/C25H34N2O6S/c1-7-13-20(30)27(24(31)16(4)8-2)15-12-10-11-14-19(29)26-23-21(25(32)33-9-3)17(5)22(34-23)18(6)28/h7-8,16H,1-2,9-15H2,3-6H3,(H,26,29). The summed E-state index contributed by atoms with van der Waals surface area (Å²) in [4.78, 5) is 63.0. The van der Waals surface area contributed by atoms with Crippen LogP contribution >= 0.6 is 11.3 Å². The lowest BCUT2D eigenvalue weighted by molar-refractivity contribution is -0.146. The van der Waals surface area contributed by atoms with Gasteiger partial charge in [-0.1, -0.05) is 25.5 Å². The fraction of sp³-hybridized carbons (Fsp3) is 0.480. The highest BCUT2D eigenvalue weighted by Crippen LogP contribution is 2.34. The Morgan fingerprint density at radius 1 is 1.15 bits per heavy atom. The van der Waals surface area contributed by atoms with Crippen molar-refractivity contribution in [3.05, 3.63) is 41.3 Å². The van der Waals surface area contributed by atoms with Crippen LogP contribution in [0, 0.1) is 12.8 Å². The molecule has 0 aliphatic carbocycles. The number of rotatable bonds is 14. The minimum Gasteiger partial charge on any atom is -0.462 e. The van der Waals surface area contributed by atoms with Gasteiger partial charge in [0.2, 0.25) is 17.7 Å². The van der Waals surface area contributed by atoms with Crippen LogP contribution in [0.25, 0.3) is 0 Å². The van der Waals surface area contributed by atoms with Gasteiger partial charge in [0.25, 0.3) is 0 Å². The minimum atomic E-state index is -0.582. The number of anilines is 1. The first kappa shape index (κ1) is 29.0. The van der Waals surface area contributed by atoms with Crippen LogP contribution in [-0.4, -0.2) is 47.5 Å². The zero-order chi connectivity index (χ0) is 25.8. The third-order valence-electron chi connectivity index (χ3n) is 5.11. The maximum Gasteiger partial charge on any atom is 0.341 e. The van der Waals surface area contributed by atoms with Crippen LogP contribution in [0.5, 0.6) is 0 Å². The highest BCUT2D eigenvalue weighted by molar-refractivity contribution is 7.18. The lowest BCUT2D eigenvalue weighted by atomic mass is 10.1. The average Bonchev–Trinajstić information content (AvgIpc) is 3.11. The lowest BCUT2D eigenvalue weighted by Gasteiger charge is -2.22. The van der Waals surface area contributed by atoms with Gasteiger partial charge in [-0.15, -0.1) is 24.5 Å². The molecule has 0 aromatic carbocycles. The molecule has 0 saturated heterocycles. The third kappa shape index (κ3) is 8.06. The summed E-state index contributed by atoms with van der Waals surface area (Å²) in [5.74, 6) is -2.15. The first-order valence-corrected chi connectivity index (χ1v) is 12.1. The number of nitrogens with one attached hydrogen (secondary N) is 1. The van der Waals surface area contributed by atoms with Gasteiger partial charge < -0.3 is 10.1 Å². The average molecular weight is 491 g/mol. The summed E-state index contributed by atoms with van der Waals surface area (Å²) < 4.78 is 5.07. The van der Waals surface area contributed by atoms with Crippen molar-refractivity contribution in [3.63, 3.8) is 0 Å². The molecule has 0 bridgehead atoms. The van der Waals surface area contributed by atoms with Gasteiger partial charge in [0.05, 0.1) is 23.0 Å². The van der Waals surface area contributed by atoms with Crippen LogP contribution < -0.4 is 5.32 Å². The maximum atomic E-state index is 12.5. The van der Waals surface area contributed by atoms with Crippen molar-refractivity contribution < 1.29 is 28.7 Å². The number of carbonyl (C=O) groups excluding carboxylic acids is 5. The van der Waals surface area contributed by atoms with Crippen LogP contribution in [0.2, 0.25) is 0 Å². The van der Waals surface area contributed by atoms with Gasteiger partial charge in [-0.25, -0.2) is 4.79 Å². The van der Waals surface area contributed by atoms with E-state index >= 15 is 0 Å². The molecule has 1 atom stereocenters. The highest BCUT2D eigenvalue weighted by atomic mass is 32.1. The second kappa shape index (κ2) is 14.2. The summed E-state index contributed by atoms with van der Waals surface area (Å²) in [5, 5.41) is 3.03. The molecule has 1 heterocycles. The van der Waals surface area contributed by atoms with Gasteiger partial charge in [0.1, 0.15) is 5.00 Å². The molecule has 0 spiro atoms. The monoisotopic (exact) mass is 490 g/mol. The first-order chi connectivity index (χ1) is 16.1. The molecule has 0 aliphatic heterocycles. The number of ketones is 1. The number of Topliss-reactive ketones (excluding diaryl/α,β-unsaturated/α-hetero) is 1. The van der Waals surface area contributed by atoms with Crippen LogP contribution in [0.3, 0.4) is 0 Å². The summed E-state index contributed by atoms with van der Waals surface area (Å²) in [6.45, 7) is 14.0. The predicted molar refractivity (Wildman–Crippen MR) is 133 cm³/mol. The van der Waals surface area contributed by atoms with Crippen LogP contribution in [0.15, 0.2) is 25.3 Å². The number of esters is 1. The number of ether oxygens (including phenoxy) is 1. The normalized spacial score (nSPS) is 11.3. The van der Waals surface area contributed by atoms with E-state index in [0.717, 1.165) is 11.3 Å².